The molecule has 1 amide bonds. The van der Waals surface area contributed by atoms with E-state index in [1.165, 1.54) is 0 Å². The number of carbonyl (C=O) groups excluding carboxylic acids is 1. The predicted octanol–water partition coefficient (Wildman–Crippen LogP) is 3.60. The minimum atomic E-state index is -0.0382. The van der Waals surface area contributed by atoms with E-state index in [4.69, 9.17) is 4.74 Å². The zero-order valence-electron chi connectivity index (χ0n) is 14.9. The molecule has 1 aromatic heterocycles. The molecule has 26 heavy (non-hydrogen) atoms. The van der Waals surface area contributed by atoms with E-state index in [0.717, 1.165) is 30.2 Å². The summed E-state index contributed by atoms with van der Waals surface area (Å²) < 4.78 is 5.76. The van der Waals surface area contributed by atoms with Gasteiger partial charge >= 0.3 is 0 Å². The van der Waals surface area contributed by atoms with E-state index in [0.29, 0.717) is 23.8 Å². The van der Waals surface area contributed by atoms with Crippen LogP contribution in [0.3, 0.4) is 0 Å². The highest BCUT2D eigenvalue weighted by Crippen LogP contribution is 2.17. The number of halogens is 2. The summed E-state index contributed by atoms with van der Waals surface area (Å²) in [7, 11) is 0. The zero-order chi connectivity index (χ0) is 16.9. The van der Waals surface area contributed by atoms with Crippen molar-refractivity contribution in [1.82, 2.24) is 15.6 Å². The van der Waals surface area contributed by atoms with Crippen LogP contribution in [0, 0.1) is 12.8 Å². The molecule has 8 heteroatoms. The number of benzene rings is 1. The van der Waals surface area contributed by atoms with Crippen LogP contribution >= 0.6 is 36.2 Å². The van der Waals surface area contributed by atoms with Crippen LogP contribution in [0.5, 0.6) is 5.75 Å². The van der Waals surface area contributed by atoms with Crippen LogP contribution in [0.25, 0.3) is 0 Å². The normalized spacial score (nSPS) is 19.0. The summed E-state index contributed by atoms with van der Waals surface area (Å²) in [6, 6.07) is 7.55. The number of hydrogen-bond acceptors (Lipinski definition) is 5. The van der Waals surface area contributed by atoms with Gasteiger partial charge in [-0.3, -0.25) is 4.79 Å². The second-order valence-electron chi connectivity index (χ2n) is 6.22. The minimum Gasteiger partial charge on any atom is -0.487 e. The maximum absolute atomic E-state index is 12.5. The largest absolute Gasteiger partial charge is 0.487 e. The number of thiazole rings is 1. The number of amides is 1. The highest BCUT2D eigenvalue weighted by atomic mass is 35.5. The third-order valence-electron chi connectivity index (χ3n) is 4.25. The van der Waals surface area contributed by atoms with Crippen LogP contribution in [0.15, 0.2) is 29.6 Å². The second-order valence-corrected chi connectivity index (χ2v) is 7.29. The molecule has 1 saturated heterocycles. The Morgan fingerprint density at radius 1 is 1.42 bits per heavy atom. The Labute approximate surface area is 170 Å². The Balaban J connectivity index is 0.00000169. The molecule has 1 fully saturated rings. The van der Waals surface area contributed by atoms with Gasteiger partial charge in [0.05, 0.1) is 10.7 Å². The molecule has 3 rings (SSSR count). The van der Waals surface area contributed by atoms with Gasteiger partial charge in [-0.05, 0) is 50.6 Å². The van der Waals surface area contributed by atoms with E-state index < -0.39 is 0 Å². The van der Waals surface area contributed by atoms with Crippen LogP contribution in [-0.2, 0) is 6.61 Å². The Morgan fingerprint density at radius 3 is 2.92 bits per heavy atom. The van der Waals surface area contributed by atoms with E-state index in [1.54, 1.807) is 17.4 Å². The smallest absolute Gasteiger partial charge is 0.251 e. The van der Waals surface area contributed by atoms with Crippen molar-refractivity contribution in [2.75, 3.05) is 13.1 Å². The van der Waals surface area contributed by atoms with Crippen molar-refractivity contribution >= 4 is 42.1 Å². The first-order valence-corrected chi connectivity index (χ1v) is 9.15. The number of ether oxygens (including phenoxy) is 1. The third kappa shape index (κ3) is 6.13. The Morgan fingerprint density at radius 2 is 2.23 bits per heavy atom. The number of nitrogens with zero attached hydrogens (tertiary/aromatic N) is 1. The third-order valence-corrected chi connectivity index (χ3v) is 5.07. The Hall–Kier alpha value is -1.34. The number of aromatic nitrogens is 1. The highest BCUT2D eigenvalue weighted by Gasteiger charge is 2.23. The van der Waals surface area contributed by atoms with Crippen molar-refractivity contribution in [3.8, 4) is 5.75 Å². The van der Waals surface area contributed by atoms with E-state index in [2.05, 4.69) is 22.5 Å². The molecule has 0 saturated carbocycles. The molecular formula is C18H25Cl2N3O2S. The van der Waals surface area contributed by atoms with Crippen molar-refractivity contribution in [3.63, 3.8) is 0 Å². The average molecular weight is 418 g/mol. The van der Waals surface area contributed by atoms with E-state index in [9.17, 15) is 4.79 Å². The number of carbonyl (C=O) groups is 1. The molecule has 144 valence electrons. The first kappa shape index (κ1) is 22.7. The monoisotopic (exact) mass is 417 g/mol. The molecule has 0 spiro atoms. The number of piperidine rings is 1. The van der Waals surface area contributed by atoms with Crippen molar-refractivity contribution in [1.29, 1.82) is 0 Å². The lowest BCUT2D eigenvalue weighted by Gasteiger charge is -2.30. The van der Waals surface area contributed by atoms with Gasteiger partial charge in [0.25, 0.3) is 5.91 Å². The van der Waals surface area contributed by atoms with Gasteiger partial charge in [0.1, 0.15) is 12.4 Å². The molecule has 2 aromatic rings. The van der Waals surface area contributed by atoms with Gasteiger partial charge in [0.2, 0.25) is 0 Å². The molecule has 1 aliphatic rings. The summed E-state index contributed by atoms with van der Waals surface area (Å²) in [5.41, 5.74) is 1.54. The van der Waals surface area contributed by atoms with E-state index in [1.807, 2.05) is 30.5 Å². The van der Waals surface area contributed by atoms with Gasteiger partial charge in [-0.1, -0.05) is 13.0 Å². The molecule has 0 bridgehead atoms. The maximum Gasteiger partial charge on any atom is 0.251 e. The molecule has 2 heterocycles. The van der Waals surface area contributed by atoms with Crippen LogP contribution in [0.2, 0.25) is 0 Å². The van der Waals surface area contributed by atoms with E-state index in [-0.39, 0.29) is 36.8 Å². The van der Waals surface area contributed by atoms with Gasteiger partial charge in [-0.2, -0.15) is 0 Å². The molecule has 0 radical (unpaired) electrons. The summed E-state index contributed by atoms with van der Waals surface area (Å²) in [5, 5.41) is 9.50. The number of nitrogens with one attached hydrogen (secondary N) is 2. The van der Waals surface area contributed by atoms with E-state index >= 15 is 0 Å². The minimum absolute atomic E-state index is 0. The highest BCUT2D eigenvalue weighted by molar-refractivity contribution is 7.09. The topological polar surface area (TPSA) is 63.2 Å². The average Bonchev–Trinajstić information content (AvgIpc) is 3.01. The lowest BCUT2D eigenvalue weighted by atomic mass is 9.95. The van der Waals surface area contributed by atoms with Crippen LogP contribution in [0.4, 0.5) is 0 Å². The summed E-state index contributed by atoms with van der Waals surface area (Å²) in [6.07, 6.45) is 0.965. The molecule has 1 aromatic carbocycles. The fourth-order valence-corrected chi connectivity index (χ4v) is 3.44. The summed E-state index contributed by atoms with van der Waals surface area (Å²) in [6.45, 7) is 6.45. The maximum atomic E-state index is 12.5. The zero-order valence-corrected chi connectivity index (χ0v) is 17.3. The molecule has 2 N–H and O–H groups in total. The lowest BCUT2D eigenvalue weighted by molar-refractivity contribution is 0.0913. The van der Waals surface area contributed by atoms with Crippen LogP contribution in [0.1, 0.15) is 34.4 Å². The molecule has 5 nitrogen and oxygen atoms in total. The fourth-order valence-electron chi connectivity index (χ4n) is 2.84. The van der Waals surface area contributed by atoms with Gasteiger partial charge in [-0.25, -0.2) is 4.98 Å². The number of aryl methyl sites for hydroxylation is 1. The first-order chi connectivity index (χ1) is 11.6. The van der Waals surface area contributed by atoms with Crippen molar-refractivity contribution in [2.45, 2.75) is 32.9 Å². The fraction of sp³-hybridized carbons (Fsp3) is 0.444. The Bertz CT molecular complexity index is 711. The standard InChI is InChI=1S/C18H23N3O2S.2ClH/c1-12-9-19-7-6-17(12)21-18(22)14-4-3-5-16(8-14)23-10-15-11-24-13(2)20-15;;/h3-5,8,11-12,17,19H,6-7,9-10H2,1-2H3,(H,21,22);2*1H. The molecule has 2 atom stereocenters. The molecular weight excluding hydrogens is 393 g/mol. The quantitative estimate of drug-likeness (QED) is 0.779. The van der Waals surface area contributed by atoms with Gasteiger partial charge in [0, 0.05) is 17.0 Å². The summed E-state index contributed by atoms with van der Waals surface area (Å²) >= 11 is 1.61. The predicted molar refractivity (Wildman–Crippen MR) is 110 cm³/mol. The second kappa shape index (κ2) is 10.7. The Kier molecular flexibility index (Phi) is 9.36. The summed E-state index contributed by atoms with van der Waals surface area (Å²) in [5.74, 6) is 1.09. The van der Waals surface area contributed by atoms with Gasteiger partial charge in [-0.15, -0.1) is 36.2 Å². The number of hydrogen-bond donors (Lipinski definition) is 2. The summed E-state index contributed by atoms with van der Waals surface area (Å²) in [4.78, 5) is 16.9. The first-order valence-electron chi connectivity index (χ1n) is 8.27. The SMILES string of the molecule is Cc1nc(COc2cccc(C(=O)NC3CCNCC3C)c2)cs1.Cl.Cl. The van der Waals surface area contributed by atoms with Crippen molar-refractivity contribution in [3.05, 3.63) is 45.9 Å². The van der Waals surface area contributed by atoms with Crippen LogP contribution in [-0.4, -0.2) is 30.0 Å². The van der Waals surface area contributed by atoms with Crippen molar-refractivity contribution in [2.24, 2.45) is 5.92 Å². The molecule has 0 aliphatic carbocycles. The number of rotatable bonds is 5. The molecule has 1 aliphatic heterocycles. The van der Waals surface area contributed by atoms with Crippen molar-refractivity contribution < 1.29 is 9.53 Å². The molecule has 2 unspecified atom stereocenters. The van der Waals surface area contributed by atoms with Gasteiger partial charge < -0.3 is 15.4 Å². The lowest BCUT2D eigenvalue weighted by Crippen LogP contribution is -2.48. The van der Waals surface area contributed by atoms with Crippen LogP contribution < -0.4 is 15.4 Å². The van der Waals surface area contributed by atoms with Gasteiger partial charge in [0.15, 0.2) is 0 Å².